The lowest BCUT2D eigenvalue weighted by molar-refractivity contribution is -0.141. The predicted molar refractivity (Wildman–Crippen MR) is 109 cm³/mol. The Labute approximate surface area is 166 Å². The van der Waals surface area contributed by atoms with Crippen LogP contribution in [0.5, 0.6) is 0 Å². The molecule has 1 N–H and O–H groups in total. The highest BCUT2D eigenvalue weighted by Gasteiger charge is 2.34. The van der Waals surface area contributed by atoms with E-state index in [0.717, 1.165) is 58.8 Å². The minimum atomic E-state index is -0.102. The number of esters is 1. The highest BCUT2D eigenvalue weighted by atomic mass is 16.5. The molecule has 6 nitrogen and oxygen atoms in total. The molecular formula is C22H31N3O3. The first-order valence-electron chi connectivity index (χ1n) is 10.4. The van der Waals surface area contributed by atoms with Gasteiger partial charge in [-0.05, 0) is 36.9 Å². The van der Waals surface area contributed by atoms with Gasteiger partial charge >= 0.3 is 5.97 Å². The molecule has 2 atom stereocenters. The molecule has 0 saturated carbocycles. The molecule has 0 unspecified atom stereocenters. The first-order valence-corrected chi connectivity index (χ1v) is 10.4. The fraction of sp³-hybridized carbons (Fsp3) is 0.591. The summed E-state index contributed by atoms with van der Waals surface area (Å²) in [6.07, 6.45) is 4.68. The minimum absolute atomic E-state index is 0.102. The van der Waals surface area contributed by atoms with Crippen molar-refractivity contribution in [2.24, 2.45) is 5.92 Å². The van der Waals surface area contributed by atoms with Crippen molar-refractivity contribution in [2.75, 3.05) is 46.5 Å². The van der Waals surface area contributed by atoms with Crippen molar-refractivity contribution in [1.29, 1.82) is 0 Å². The number of rotatable bonds is 6. The second-order valence-corrected chi connectivity index (χ2v) is 7.97. The van der Waals surface area contributed by atoms with Gasteiger partial charge in [-0.15, -0.1) is 0 Å². The lowest BCUT2D eigenvalue weighted by Crippen LogP contribution is -2.53. The van der Waals surface area contributed by atoms with Gasteiger partial charge in [0, 0.05) is 55.7 Å². The maximum absolute atomic E-state index is 11.7. The quantitative estimate of drug-likeness (QED) is 0.775. The van der Waals surface area contributed by atoms with Crippen LogP contribution < -0.4 is 0 Å². The van der Waals surface area contributed by atoms with Crippen LogP contribution in [0, 0.1) is 5.92 Å². The summed E-state index contributed by atoms with van der Waals surface area (Å²) in [7, 11) is 1.48. The van der Waals surface area contributed by atoms with Crippen molar-refractivity contribution in [3.05, 3.63) is 36.0 Å². The van der Waals surface area contributed by atoms with E-state index in [9.17, 15) is 4.79 Å². The van der Waals surface area contributed by atoms with E-state index in [-0.39, 0.29) is 5.97 Å². The Bertz CT molecular complexity index is 784. The van der Waals surface area contributed by atoms with E-state index in [2.05, 4.69) is 45.2 Å². The topological polar surface area (TPSA) is 57.8 Å². The van der Waals surface area contributed by atoms with Crippen molar-refractivity contribution in [2.45, 2.75) is 31.8 Å². The smallest absolute Gasteiger partial charge is 0.305 e. The van der Waals surface area contributed by atoms with E-state index in [1.165, 1.54) is 23.6 Å². The lowest BCUT2D eigenvalue weighted by Gasteiger charge is -2.45. The monoisotopic (exact) mass is 385 g/mol. The van der Waals surface area contributed by atoms with Crippen LogP contribution in [0.15, 0.2) is 30.5 Å². The van der Waals surface area contributed by atoms with E-state index in [4.69, 9.17) is 9.47 Å². The standard InChI is InChI=1S/C22H31N3O3/c1-27-22(26)7-6-17-15-24(9-8-21(17)25-10-12-28-13-11-25)16-18-14-23-20-5-3-2-4-19(18)20/h2-5,14,17,21,23H,6-13,15-16H2,1H3/t17-,21+/m1/s1. The van der Waals surface area contributed by atoms with Crippen molar-refractivity contribution in [1.82, 2.24) is 14.8 Å². The summed E-state index contributed by atoms with van der Waals surface area (Å²) in [6.45, 7) is 6.71. The van der Waals surface area contributed by atoms with Gasteiger partial charge in [0.05, 0.1) is 20.3 Å². The van der Waals surface area contributed by atoms with Gasteiger partial charge in [0.15, 0.2) is 0 Å². The number of hydrogen-bond donors (Lipinski definition) is 1. The Hall–Kier alpha value is -1.89. The highest BCUT2D eigenvalue weighted by molar-refractivity contribution is 5.82. The number of likely N-dealkylation sites (tertiary alicyclic amines) is 1. The van der Waals surface area contributed by atoms with Crippen LogP contribution >= 0.6 is 0 Å². The number of H-pyrrole nitrogens is 1. The molecule has 0 radical (unpaired) electrons. The summed E-state index contributed by atoms with van der Waals surface area (Å²) in [5.41, 5.74) is 2.55. The van der Waals surface area contributed by atoms with Gasteiger partial charge in [0.2, 0.25) is 0 Å². The third-order valence-corrected chi connectivity index (χ3v) is 6.31. The molecule has 3 heterocycles. The number of methoxy groups -OCH3 is 1. The third-order valence-electron chi connectivity index (χ3n) is 6.31. The number of aromatic amines is 1. The molecule has 4 rings (SSSR count). The average Bonchev–Trinajstić information content (AvgIpc) is 3.15. The number of hydrogen-bond acceptors (Lipinski definition) is 5. The molecule has 2 saturated heterocycles. The molecule has 0 spiro atoms. The second-order valence-electron chi connectivity index (χ2n) is 7.97. The van der Waals surface area contributed by atoms with Gasteiger partial charge in [0.25, 0.3) is 0 Å². The summed E-state index contributed by atoms with van der Waals surface area (Å²) in [5.74, 6) is 0.380. The van der Waals surface area contributed by atoms with Crippen molar-refractivity contribution >= 4 is 16.9 Å². The summed E-state index contributed by atoms with van der Waals surface area (Å²) in [4.78, 5) is 20.3. The first kappa shape index (κ1) is 19.4. The molecule has 0 amide bonds. The number of morpholine rings is 1. The fourth-order valence-electron chi connectivity index (χ4n) is 4.82. The zero-order chi connectivity index (χ0) is 19.3. The van der Waals surface area contributed by atoms with Crippen molar-refractivity contribution in [3.63, 3.8) is 0 Å². The average molecular weight is 386 g/mol. The van der Waals surface area contributed by atoms with Crippen LogP contribution in [0.4, 0.5) is 0 Å². The summed E-state index contributed by atoms with van der Waals surface area (Å²) >= 11 is 0. The van der Waals surface area contributed by atoms with E-state index < -0.39 is 0 Å². The van der Waals surface area contributed by atoms with E-state index in [1.54, 1.807) is 0 Å². The normalized spacial score (nSPS) is 24.5. The second kappa shape index (κ2) is 9.07. The number of nitrogens with zero attached hydrogens (tertiary/aromatic N) is 2. The number of carbonyl (C=O) groups is 1. The number of piperidine rings is 1. The van der Waals surface area contributed by atoms with Crippen LogP contribution in [0.25, 0.3) is 10.9 Å². The van der Waals surface area contributed by atoms with Gasteiger partial charge in [-0.3, -0.25) is 14.6 Å². The number of nitrogens with one attached hydrogen (secondary N) is 1. The molecule has 28 heavy (non-hydrogen) atoms. The number of fused-ring (bicyclic) bond motifs is 1. The number of carbonyl (C=O) groups excluding carboxylic acids is 1. The lowest BCUT2D eigenvalue weighted by atomic mass is 9.86. The van der Waals surface area contributed by atoms with Crippen LogP contribution in [0.2, 0.25) is 0 Å². The Morgan fingerprint density at radius 2 is 2.07 bits per heavy atom. The molecule has 0 bridgehead atoms. The molecular weight excluding hydrogens is 354 g/mol. The Morgan fingerprint density at radius 1 is 1.25 bits per heavy atom. The van der Waals surface area contributed by atoms with Gasteiger partial charge in [-0.2, -0.15) is 0 Å². The molecule has 1 aromatic heterocycles. The number of aromatic nitrogens is 1. The number of benzene rings is 1. The SMILES string of the molecule is COC(=O)CC[C@@H]1CN(Cc2c[nH]c3ccccc23)CC[C@@H]1N1CCOCC1. The maximum atomic E-state index is 11.7. The van der Waals surface area contributed by atoms with Gasteiger partial charge in [-0.25, -0.2) is 0 Å². The highest BCUT2D eigenvalue weighted by Crippen LogP contribution is 2.29. The minimum Gasteiger partial charge on any atom is -0.469 e. The van der Waals surface area contributed by atoms with Gasteiger partial charge < -0.3 is 14.5 Å². The molecule has 2 fully saturated rings. The molecule has 2 aromatic rings. The molecule has 2 aliphatic rings. The molecule has 6 heteroatoms. The van der Waals surface area contributed by atoms with E-state index in [0.29, 0.717) is 18.4 Å². The molecule has 0 aliphatic carbocycles. The fourth-order valence-corrected chi connectivity index (χ4v) is 4.82. The van der Waals surface area contributed by atoms with Gasteiger partial charge in [-0.1, -0.05) is 18.2 Å². The van der Waals surface area contributed by atoms with Gasteiger partial charge in [0.1, 0.15) is 0 Å². The van der Waals surface area contributed by atoms with E-state index in [1.807, 2.05) is 0 Å². The Morgan fingerprint density at radius 3 is 2.89 bits per heavy atom. The number of para-hydroxylation sites is 1. The van der Waals surface area contributed by atoms with Crippen LogP contribution in [-0.2, 0) is 20.8 Å². The number of ether oxygens (including phenoxy) is 2. The first-order chi connectivity index (χ1) is 13.7. The summed E-state index contributed by atoms with van der Waals surface area (Å²) < 4.78 is 10.4. The zero-order valence-corrected chi connectivity index (χ0v) is 16.7. The van der Waals surface area contributed by atoms with Crippen LogP contribution in [0.3, 0.4) is 0 Å². The third kappa shape index (κ3) is 4.40. The van der Waals surface area contributed by atoms with Crippen molar-refractivity contribution < 1.29 is 14.3 Å². The Balaban J connectivity index is 1.44. The van der Waals surface area contributed by atoms with E-state index >= 15 is 0 Å². The molecule has 152 valence electrons. The summed E-state index contributed by atoms with van der Waals surface area (Å²) in [5, 5.41) is 1.31. The largest absolute Gasteiger partial charge is 0.469 e. The van der Waals surface area contributed by atoms with Crippen molar-refractivity contribution in [3.8, 4) is 0 Å². The molecule has 2 aliphatic heterocycles. The molecule has 1 aromatic carbocycles. The maximum Gasteiger partial charge on any atom is 0.305 e. The van der Waals surface area contributed by atoms with Crippen LogP contribution in [0.1, 0.15) is 24.8 Å². The predicted octanol–water partition coefficient (Wildman–Crippen LogP) is 2.64. The Kier molecular flexibility index (Phi) is 6.29. The summed E-state index contributed by atoms with van der Waals surface area (Å²) in [6, 6.07) is 9.02. The zero-order valence-electron chi connectivity index (χ0n) is 16.7. The van der Waals surface area contributed by atoms with Crippen LogP contribution in [-0.4, -0.2) is 73.3 Å².